The van der Waals surface area contributed by atoms with E-state index in [1.165, 1.54) is 47.7 Å². The summed E-state index contributed by atoms with van der Waals surface area (Å²) in [6.07, 6.45) is -5.12. The normalized spacial score (nSPS) is 18.8. The predicted octanol–water partition coefficient (Wildman–Crippen LogP) is 5.52. The summed E-state index contributed by atoms with van der Waals surface area (Å²) in [7, 11) is 0. The summed E-state index contributed by atoms with van der Waals surface area (Å²) >= 11 is 1.35. The molecule has 0 saturated carbocycles. The summed E-state index contributed by atoms with van der Waals surface area (Å²) < 4.78 is 57.3. The zero-order valence-electron chi connectivity index (χ0n) is 32.4. The monoisotopic (exact) mass is 826 g/mol. The molecule has 3 amide bonds. The number of phenolic OH excluding ortho intramolecular Hbond substituents is 1. The third-order valence-corrected chi connectivity index (χ3v) is 11.6. The van der Waals surface area contributed by atoms with Crippen molar-refractivity contribution in [2.75, 3.05) is 30.3 Å². The molecule has 6 N–H and O–H groups in total. The van der Waals surface area contributed by atoms with Crippen LogP contribution in [0, 0.1) is 24.1 Å². The van der Waals surface area contributed by atoms with E-state index in [-0.39, 0.29) is 47.9 Å². The Morgan fingerprint density at radius 2 is 1.72 bits per heavy atom. The molecule has 2 saturated heterocycles. The second-order valence-corrected chi connectivity index (χ2v) is 16.8. The summed E-state index contributed by atoms with van der Waals surface area (Å²) in [4.78, 5) is 49.3. The van der Waals surface area contributed by atoms with E-state index >= 15 is 0 Å². The van der Waals surface area contributed by atoms with Gasteiger partial charge in [0, 0.05) is 38.0 Å². The van der Waals surface area contributed by atoms with E-state index in [4.69, 9.17) is 5.73 Å². The van der Waals surface area contributed by atoms with Crippen LogP contribution >= 0.6 is 11.3 Å². The number of aromatic nitrogens is 3. The van der Waals surface area contributed by atoms with Gasteiger partial charge in [0.15, 0.2) is 23.4 Å². The predicted molar refractivity (Wildman–Crippen MR) is 210 cm³/mol. The van der Waals surface area contributed by atoms with Gasteiger partial charge in [0.05, 0.1) is 33.6 Å². The highest BCUT2D eigenvalue weighted by molar-refractivity contribution is 7.13. The summed E-state index contributed by atoms with van der Waals surface area (Å²) in [5.41, 5.74) is 9.06. The molecule has 0 aliphatic carbocycles. The van der Waals surface area contributed by atoms with Crippen LogP contribution < -0.4 is 21.3 Å². The summed E-state index contributed by atoms with van der Waals surface area (Å²) in [5, 5.41) is 33.7. The Bertz CT molecular complexity index is 2140. The van der Waals surface area contributed by atoms with Crippen molar-refractivity contribution in [2.45, 2.75) is 83.8 Å². The second kappa shape index (κ2) is 16.9. The topological polar surface area (TPSA) is 187 Å². The summed E-state index contributed by atoms with van der Waals surface area (Å²) in [5.74, 6) is -3.49. The number of hydrogen-bond donors (Lipinski definition) is 5. The number of anilines is 2. The lowest BCUT2D eigenvalue weighted by molar-refractivity contribution is -0.165. The molecular formula is C40H46F4N8O5S. The van der Waals surface area contributed by atoms with Gasteiger partial charge in [-0.25, -0.2) is 9.37 Å². The number of rotatable bonds is 10. The van der Waals surface area contributed by atoms with Gasteiger partial charge in [-0.1, -0.05) is 51.1 Å². The van der Waals surface area contributed by atoms with E-state index in [0.717, 1.165) is 21.5 Å². The number of nitrogens with two attached hydrogens (primary N) is 1. The van der Waals surface area contributed by atoms with Crippen molar-refractivity contribution in [2.24, 2.45) is 11.3 Å². The first-order chi connectivity index (χ1) is 27.3. The van der Waals surface area contributed by atoms with Gasteiger partial charge in [-0.05, 0) is 60.4 Å². The maximum atomic E-state index is 14.4. The van der Waals surface area contributed by atoms with Gasteiger partial charge in [0.1, 0.15) is 12.1 Å². The molecule has 0 spiro atoms. The van der Waals surface area contributed by atoms with Crippen LogP contribution in [0.15, 0.2) is 54.0 Å². The van der Waals surface area contributed by atoms with Crippen molar-refractivity contribution >= 4 is 40.6 Å². The number of aryl methyl sites for hydroxylation is 1. The van der Waals surface area contributed by atoms with E-state index in [9.17, 15) is 42.2 Å². The smallest absolute Gasteiger partial charge is 0.412 e. The maximum absolute atomic E-state index is 14.4. The molecular weight excluding hydrogens is 781 g/mol. The van der Waals surface area contributed by atoms with Crippen LogP contribution in [0.1, 0.15) is 63.8 Å². The molecule has 6 rings (SSSR count). The van der Waals surface area contributed by atoms with Gasteiger partial charge < -0.3 is 36.4 Å². The number of phenols is 1. The van der Waals surface area contributed by atoms with Crippen LogP contribution in [0.25, 0.3) is 21.7 Å². The number of benzene rings is 2. The fraction of sp³-hybridized carbons (Fsp3) is 0.450. The van der Waals surface area contributed by atoms with Crippen LogP contribution in [-0.4, -0.2) is 92.0 Å². The molecule has 2 aliphatic heterocycles. The molecule has 0 radical (unpaired) electrons. The van der Waals surface area contributed by atoms with E-state index in [1.54, 1.807) is 39.3 Å². The lowest BCUT2D eigenvalue weighted by Crippen LogP contribution is -2.58. The van der Waals surface area contributed by atoms with Crippen molar-refractivity contribution in [1.29, 1.82) is 0 Å². The molecule has 1 unspecified atom stereocenters. The maximum Gasteiger partial charge on any atom is 0.412 e. The molecule has 4 heterocycles. The van der Waals surface area contributed by atoms with E-state index in [0.29, 0.717) is 37.2 Å². The molecule has 4 atom stereocenters. The van der Waals surface area contributed by atoms with Crippen molar-refractivity contribution in [3.8, 4) is 27.4 Å². The number of likely N-dealkylation sites (tertiary alicyclic amines) is 1. The number of amides is 3. The first kappa shape index (κ1) is 42.3. The Kier molecular flexibility index (Phi) is 12.3. The first-order valence-corrected chi connectivity index (χ1v) is 19.7. The Balaban J connectivity index is 1.10. The lowest BCUT2D eigenvalue weighted by Gasteiger charge is -2.37. The fourth-order valence-corrected chi connectivity index (χ4v) is 8.29. The van der Waals surface area contributed by atoms with Crippen molar-refractivity contribution < 1.29 is 42.2 Å². The van der Waals surface area contributed by atoms with Crippen molar-refractivity contribution in [3.05, 3.63) is 71.1 Å². The third kappa shape index (κ3) is 9.33. The lowest BCUT2D eigenvalue weighted by atomic mass is 9.85. The van der Waals surface area contributed by atoms with Gasteiger partial charge in [0.2, 0.25) is 17.7 Å². The number of para-hydroxylation sites is 1. The van der Waals surface area contributed by atoms with Crippen LogP contribution in [0.5, 0.6) is 5.75 Å². The summed E-state index contributed by atoms with van der Waals surface area (Å²) in [6.45, 7) is 7.63. The number of carbonyl (C=O) groups excluding carboxylic acids is 3. The first-order valence-electron chi connectivity index (χ1n) is 18.8. The average molecular weight is 827 g/mol. The zero-order chi connectivity index (χ0) is 42.1. The number of nitrogens with one attached hydrogen (secondary N) is 2. The number of hydrogen-bond acceptors (Lipinski definition) is 11. The molecule has 13 nitrogen and oxygen atoms in total. The second-order valence-electron chi connectivity index (χ2n) is 15.9. The Labute approximate surface area is 336 Å². The highest BCUT2D eigenvalue weighted by Gasteiger charge is 2.48. The molecule has 0 bridgehead atoms. The van der Waals surface area contributed by atoms with E-state index in [1.807, 2.05) is 4.90 Å². The Hall–Kier alpha value is -5.36. The molecule has 18 heteroatoms. The highest BCUT2D eigenvalue weighted by Crippen LogP contribution is 2.37. The van der Waals surface area contributed by atoms with Gasteiger partial charge in [-0.15, -0.1) is 21.5 Å². The Morgan fingerprint density at radius 1 is 1.03 bits per heavy atom. The summed E-state index contributed by atoms with van der Waals surface area (Å²) in [6, 6.07) is 6.38. The number of aromatic hydroxyl groups is 1. The van der Waals surface area contributed by atoms with Crippen molar-refractivity contribution in [3.63, 3.8) is 0 Å². The van der Waals surface area contributed by atoms with E-state index in [2.05, 4.69) is 25.8 Å². The van der Waals surface area contributed by atoms with Gasteiger partial charge in [-0.3, -0.25) is 14.4 Å². The third-order valence-electron chi connectivity index (χ3n) is 10.6. The Morgan fingerprint density at radius 3 is 2.34 bits per heavy atom. The number of aliphatic hydroxyl groups is 1. The quantitative estimate of drug-likeness (QED) is 0.128. The molecule has 4 aromatic rings. The minimum absolute atomic E-state index is 0.0708. The standard InChI is InChI=1S/C40H46F4N8O5S/c1-21-33(58-20-46-21)23-8-10-24(11-9-23)34(40(42,43)44)48-37(56)30-17-25(53)19-52(30)38(57)35(39(2,3)4)47-31(54)16-22-12-14-51(15-13-22)29-18-28(49-50-36(29)45)26-6-5-7-27(41)32(26)55/h5-11,18,20,22,25,30,34-35,53,55H,12-17,19H2,1-4H3,(H2,45,50)(H,47,54)(H,48,56)/t25-,30+,34?,35-/m1/s1. The SMILES string of the molecule is Cc1ncsc1-c1ccc(C(NC(=O)[C@@H]2C[C@@H](O)CN2C(=O)[C@@H](NC(=O)CC2CCN(c3cc(-c4cccc(F)c4O)nnc3N)CC2)C(C)(C)C)C(F)(F)F)cc1. The number of nitrogen functional groups attached to an aromatic ring is 1. The van der Waals surface area contributed by atoms with Gasteiger partial charge in [0.25, 0.3) is 0 Å². The zero-order valence-corrected chi connectivity index (χ0v) is 33.2. The number of piperidine rings is 1. The highest BCUT2D eigenvalue weighted by atomic mass is 32.1. The van der Waals surface area contributed by atoms with Crippen LogP contribution in [0.2, 0.25) is 0 Å². The number of aliphatic hydroxyl groups excluding tert-OH is 1. The van der Waals surface area contributed by atoms with Gasteiger partial charge >= 0.3 is 6.18 Å². The largest absolute Gasteiger partial charge is 0.504 e. The molecule has 58 heavy (non-hydrogen) atoms. The van der Waals surface area contributed by atoms with Crippen LogP contribution in [0.3, 0.4) is 0 Å². The minimum Gasteiger partial charge on any atom is -0.504 e. The van der Waals surface area contributed by atoms with E-state index < -0.39 is 65.1 Å². The number of nitrogens with zero attached hydrogens (tertiary/aromatic N) is 5. The molecule has 2 aromatic heterocycles. The van der Waals surface area contributed by atoms with Crippen LogP contribution in [-0.2, 0) is 14.4 Å². The molecule has 310 valence electrons. The molecule has 2 aliphatic rings. The number of alkyl halides is 3. The molecule has 2 fully saturated rings. The van der Waals surface area contributed by atoms with Gasteiger partial charge in [-0.2, -0.15) is 13.2 Å². The molecule has 2 aromatic carbocycles. The van der Waals surface area contributed by atoms with Crippen LogP contribution in [0.4, 0.5) is 29.1 Å². The van der Waals surface area contributed by atoms with Crippen molar-refractivity contribution in [1.82, 2.24) is 30.7 Å². The number of β-amino-alcohol motifs (C(OH)–C–C–N with tert-alkyl or cyclic N) is 1. The number of carbonyl (C=O) groups is 3. The number of thiazole rings is 1. The number of halogens is 4. The fourth-order valence-electron chi connectivity index (χ4n) is 7.48. The minimum atomic E-state index is -4.88. The average Bonchev–Trinajstić information content (AvgIpc) is 3.78.